The van der Waals surface area contributed by atoms with Gasteiger partial charge in [-0.05, 0) is 24.5 Å². The van der Waals surface area contributed by atoms with Gasteiger partial charge >= 0.3 is 0 Å². The quantitative estimate of drug-likeness (QED) is 0.364. The van der Waals surface area contributed by atoms with Crippen LogP contribution in [-0.4, -0.2) is 35.6 Å². The van der Waals surface area contributed by atoms with Gasteiger partial charge in [-0.25, -0.2) is 4.98 Å². The molecule has 1 aromatic carbocycles. The van der Waals surface area contributed by atoms with E-state index in [1.165, 1.54) is 11.3 Å². The van der Waals surface area contributed by atoms with E-state index in [1.807, 2.05) is 25.8 Å². The Labute approximate surface area is 148 Å². The molecule has 0 radical (unpaired) electrons. The van der Waals surface area contributed by atoms with Crippen LogP contribution in [0, 0.1) is 0 Å². The molecule has 5 nitrogen and oxygen atoms in total. The standard InChI is InChI=1S/C16H21N5.HI/c1-17-16(19-8-4-10-20-12-9-18-13-20)21-11-7-14-5-2-3-6-15(14)21;/h2-3,5-6,9,12-13H,4,7-8,10-11H2,1H3,(H,17,19);1H. The lowest BCUT2D eigenvalue weighted by atomic mass is 10.2. The summed E-state index contributed by atoms with van der Waals surface area (Å²) in [4.78, 5) is 10.7. The normalized spacial score (nSPS) is 13.7. The number of anilines is 1. The number of imidazole rings is 1. The average Bonchev–Trinajstić information content (AvgIpc) is 3.17. The molecular weight excluding hydrogens is 389 g/mol. The lowest BCUT2D eigenvalue weighted by Crippen LogP contribution is -2.41. The Kier molecular flexibility index (Phi) is 6.23. The second kappa shape index (κ2) is 8.17. The Morgan fingerprint density at radius 2 is 2.23 bits per heavy atom. The summed E-state index contributed by atoms with van der Waals surface area (Å²) in [6.45, 7) is 2.88. The molecule has 0 unspecified atom stereocenters. The molecule has 0 spiro atoms. The molecule has 3 rings (SSSR count). The predicted octanol–water partition coefficient (Wildman–Crippen LogP) is 2.53. The van der Waals surface area contributed by atoms with E-state index in [1.54, 1.807) is 0 Å². The summed E-state index contributed by atoms with van der Waals surface area (Å²) in [7, 11) is 1.85. The van der Waals surface area contributed by atoms with Crippen LogP contribution in [0.25, 0.3) is 0 Å². The predicted molar refractivity (Wildman–Crippen MR) is 101 cm³/mol. The second-order valence-corrected chi connectivity index (χ2v) is 5.16. The van der Waals surface area contributed by atoms with E-state index in [9.17, 15) is 0 Å². The van der Waals surface area contributed by atoms with E-state index < -0.39 is 0 Å². The number of rotatable bonds is 4. The van der Waals surface area contributed by atoms with E-state index >= 15 is 0 Å². The molecule has 0 aliphatic carbocycles. The molecule has 2 heterocycles. The first-order chi connectivity index (χ1) is 10.4. The van der Waals surface area contributed by atoms with Gasteiger partial charge in [0.2, 0.25) is 0 Å². The van der Waals surface area contributed by atoms with Crippen molar-refractivity contribution in [3.05, 3.63) is 48.5 Å². The summed E-state index contributed by atoms with van der Waals surface area (Å²) in [6, 6.07) is 8.55. The maximum absolute atomic E-state index is 4.42. The van der Waals surface area contributed by atoms with E-state index in [0.29, 0.717) is 0 Å². The molecule has 0 saturated carbocycles. The molecule has 1 aliphatic rings. The summed E-state index contributed by atoms with van der Waals surface area (Å²) in [5.74, 6) is 0.964. The Morgan fingerprint density at radius 1 is 1.36 bits per heavy atom. The summed E-state index contributed by atoms with van der Waals surface area (Å²) < 4.78 is 2.09. The Morgan fingerprint density at radius 3 is 3.00 bits per heavy atom. The maximum Gasteiger partial charge on any atom is 0.198 e. The smallest absolute Gasteiger partial charge is 0.198 e. The molecule has 1 aromatic heterocycles. The van der Waals surface area contributed by atoms with Crippen LogP contribution in [0.4, 0.5) is 5.69 Å². The van der Waals surface area contributed by atoms with Gasteiger partial charge in [0.15, 0.2) is 5.96 Å². The topological polar surface area (TPSA) is 45.5 Å². The highest BCUT2D eigenvalue weighted by Crippen LogP contribution is 2.27. The van der Waals surface area contributed by atoms with Crippen LogP contribution >= 0.6 is 24.0 Å². The molecule has 0 fully saturated rings. The van der Waals surface area contributed by atoms with Crippen molar-refractivity contribution in [3.63, 3.8) is 0 Å². The van der Waals surface area contributed by atoms with Crippen molar-refractivity contribution in [2.75, 3.05) is 25.0 Å². The number of guanidine groups is 1. The van der Waals surface area contributed by atoms with Crippen LogP contribution in [0.2, 0.25) is 0 Å². The molecule has 1 aliphatic heterocycles. The SMILES string of the molecule is CN=C(NCCCn1ccnc1)N1CCc2ccccc21.I. The second-order valence-electron chi connectivity index (χ2n) is 5.16. The number of fused-ring (bicyclic) bond motifs is 1. The fourth-order valence-corrected chi connectivity index (χ4v) is 2.73. The molecule has 6 heteroatoms. The third kappa shape index (κ3) is 3.79. The van der Waals surface area contributed by atoms with Gasteiger partial charge in [-0.1, -0.05) is 18.2 Å². The molecular formula is C16H22IN5. The Bertz CT molecular complexity index is 609. The summed E-state index contributed by atoms with van der Waals surface area (Å²) in [5.41, 5.74) is 2.68. The zero-order valence-electron chi connectivity index (χ0n) is 12.8. The number of aryl methyl sites for hydroxylation is 1. The lowest BCUT2D eigenvalue weighted by molar-refractivity contribution is 0.628. The van der Waals surface area contributed by atoms with Gasteiger partial charge < -0.3 is 14.8 Å². The van der Waals surface area contributed by atoms with Gasteiger partial charge in [0.1, 0.15) is 0 Å². The number of aromatic nitrogens is 2. The van der Waals surface area contributed by atoms with Gasteiger partial charge in [-0.3, -0.25) is 4.99 Å². The van der Waals surface area contributed by atoms with Crippen molar-refractivity contribution in [3.8, 4) is 0 Å². The van der Waals surface area contributed by atoms with Crippen molar-refractivity contribution in [2.24, 2.45) is 4.99 Å². The zero-order chi connectivity index (χ0) is 14.5. The fourth-order valence-electron chi connectivity index (χ4n) is 2.73. The molecule has 0 saturated heterocycles. The van der Waals surface area contributed by atoms with E-state index in [0.717, 1.165) is 38.4 Å². The van der Waals surface area contributed by atoms with Crippen molar-refractivity contribution in [1.82, 2.24) is 14.9 Å². The van der Waals surface area contributed by atoms with Gasteiger partial charge in [-0.15, -0.1) is 24.0 Å². The van der Waals surface area contributed by atoms with Crippen LogP contribution in [-0.2, 0) is 13.0 Å². The number of halogens is 1. The first-order valence-corrected chi connectivity index (χ1v) is 7.40. The third-order valence-electron chi connectivity index (χ3n) is 3.79. The number of benzene rings is 1. The monoisotopic (exact) mass is 411 g/mol. The summed E-state index contributed by atoms with van der Waals surface area (Å²) in [6.07, 6.45) is 7.79. The zero-order valence-corrected chi connectivity index (χ0v) is 15.1. The number of nitrogens with one attached hydrogen (secondary N) is 1. The molecule has 0 atom stereocenters. The first-order valence-electron chi connectivity index (χ1n) is 7.40. The van der Waals surface area contributed by atoms with Gasteiger partial charge in [-0.2, -0.15) is 0 Å². The Balaban J connectivity index is 0.00000176. The molecule has 0 bridgehead atoms. The highest BCUT2D eigenvalue weighted by molar-refractivity contribution is 14.0. The highest BCUT2D eigenvalue weighted by Gasteiger charge is 2.21. The number of aliphatic imine (C=N–C) groups is 1. The average molecular weight is 411 g/mol. The van der Waals surface area contributed by atoms with Crippen molar-refractivity contribution in [2.45, 2.75) is 19.4 Å². The summed E-state index contributed by atoms with van der Waals surface area (Å²) in [5, 5.41) is 3.46. The number of nitrogens with zero attached hydrogens (tertiary/aromatic N) is 4. The molecule has 22 heavy (non-hydrogen) atoms. The highest BCUT2D eigenvalue weighted by atomic mass is 127. The minimum absolute atomic E-state index is 0. The van der Waals surface area contributed by atoms with Crippen molar-refractivity contribution < 1.29 is 0 Å². The van der Waals surface area contributed by atoms with Gasteiger partial charge in [0, 0.05) is 44.8 Å². The van der Waals surface area contributed by atoms with E-state index in [2.05, 4.69) is 49.0 Å². The van der Waals surface area contributed by atoms with E-state index in [-0.39, 0.29) is 24.0 Å². The van der Waals surface area contributed by atoms with Crippen LogP contribution in [0.3, 0.4) is 0 Å². The van der Waals surface area contributed by atoms with Crippen molar-refractivity contribution >= 4 is 35.6 Å². The minimum atomic E-state index is 0. The Hall–Kier alpha value is -1.57. The largest absolute Gasteiger partial charge is 0.356 e. The van der Waals surface area contributed by atoms with Crippen LogP contribution in [0.5, 0.6) is 0 Å². The van der Waals surface area contributed by atoms with Gasteiger partial charge in [0.25, 0.3) is 0 Å². The van der Waals surface area contributed by atoms with Crippen LogP contribution in [0.15, 0.2) is 48.0 Å². The van der Waals surface area contributed by atoms with Crippen LogP contribution in [0.1, 0.15) is 12.0 Å². The summed E-state index contributed by atoms with van der Waals surface area (Å²) >= 11 is 0. The number of hydrogen-bond acceptors (Lipinski definition) is 2. The molecule has 118 valence electrons. The van der Waals surface area contributed by atoms with E-state index in [4.69, 9.17) is 0 Å². The number of para-hydroxylation sites is 1. The number of hydrogen-bond donors (Lipinski definition) is 1. The maximum atomic E-state index is 4.42. The lowest BCUT2D eigenvalue weighted by Gasteiger charge is -2.22. The minimum Gasteiger partial charge on any atom is -0.356 e. The van der Waals surface area contributed by atoms with Gasteiger partial charge in [0.05, 0.1) is 6.33 Å². The van der Waals surface area contributed by atoms with Crippen molar-refractivity contribution in [1.29, 1.82) is 0 Å². The third-order valence-corrected chi connectivity index (χ3v) is 3.79. The molecule has 2 aromatic rings. The molecule has 1 N–H and O–H groups in total. The molecule has 0 amide bonds. The fraction of sp³-hybridized carbons (Fsp3) is 0.375. The first kappa shape index (κ1) is 16.8. The van der Waals surface area contributed by atoms with Crippen LogP contribution < -0.4 is 10.2 Å².